The number of rotatable bonds is 38. The molecule has 1 rings (SSSR count). The molecule has 1 aliphatic heterocycles. The molecule has 1 saturated heterocycles. The number of allylic oxidation sites excluding steroid dienone is 4. The molecule has 58 heavy (non-hydrogen) atoms. The second kappa shape index (κ2) is 35.8. The van der Waals surface area contributed by atoms with Gasteiger partial charge in [0, 0.05) is 12.8 Å². The van der Waals surface area contributed by atoms with Crippen LogP contribution in [0.2, 0.25) is 0 Å². The number of aliphatic hydroxyl groups is 3. The van der Waals surface area contributed by atoms with Gasteiger partial charge in [-0.15, -0.1) is 0 Å². The summed E-state index contributed by atoms with van der Waals surface area (Å²) in [5.74, 6) is -2.00. The highest BCUT2D eigenvalue weighted by Crippen LogP contribution is 2.24. The van der Waals surface area contributed by atoms with Crippen molar-refractivity contribution in [1.29, 1.82) is 0 Å². The van der Waals surface area contributed by atoms with E-state index in [0.717, 1.165) is 51.4 Å². The molecule has 0 saturated carbocycles. The van der Waals surface area contributed by atoms with Crippen LogP contribution in [-0.4, -0.2) is 96.0 Å². The third kappa shape index (κ3) is 30.2. The Morgan fingerprint density at radius 1 is 0.569 bits per heavy atom. The number of hydrogen-bond acceptors (Lipinski definition) is 11. The second-order valence-electron chi connectivity index (χ2n) is 16.1. The van der Waals surface area contributed by atoms with Gasteiger partial charge in [0.15, 0.2) is 12.4 Å². The molecular formula is C45H82O12S. The lowest BCUT2D eigenvalue weighted by Gasteiger charge is -2.40. The number of esters is 2. The molecule has 13 heteroatoms. The lowest BCUT2D eigenvalue weighted by molar-refractivity contribution is -0.297. The van der Waals surface area contributed by atoms with Crippen LogP contribution in [0.1, 0.15) is 194 Å². The zero-order chi connectivity index (χ0) is 42.7. The van der Waals surface area contributed by atoms with E-state index < -0.39 is 71.2 Å². The van der Waals surface area contributed by atoms with Crippen molar-refractivity contribution in [2.75, 3.05) is 19.0 Å². The molecule has 340 valence electrons. The first-order valence-electron chi connectivity index (χ1n) is 22.9. The summed E-state index contributed by atoms with van der Waals surface area (Å²) in [5.41, 5.74) is 0. The van der Waals surface area contributed by atoms with Crippen molar-refractivity contribution in [1.82, 2.24) is 0 Å². The van der Waals surface area contributed by atoms with Crippen LogP contribution in [0.4, 0.5) is 0 Å². The van der Waals surface area contributed by atoms with Gasteiger partial charge in [-0.2, -0.15) is 8.42 Å². The molecule has 1 heterocycles. The molecule has 12 nitrogen and oxygen atoms in total. The number of hydrogen-bond donors (Lipinski definition) is 4. The predicted octanol–water partition coefficient (Wildman–Crippen LogP) is 9.23. The summed E-state index contributed by atoms with van der Waals surface area (Å²) >= 11 is 0. The van der Waals surface area contributed by atoms with Crippen LogP contribution in [0.25, 0.3) is 0 Å². The van der Waals surface area contributed by atoms with E-state index in [9.17, 15) is 37.9 Å². The van der Waals surface area contributed by atoms with Crippen LogP contribution in [0, 0.1) is 0 Å². The summed E-state index contributed by atoms with van der Waals surface area (Å²) in [4.78, 5) is 25.4. The van der Waals surface area contributed by atoms with Gasteiger partial charge in [-0.3, -0.25) is 14.1 Å². The van der Waals surface area contributed by atoms with E-state index in [4.69, 9.17) is 18.9 Å². The highest BCUT2D eigenvalue weighted by atomic mass is 32.2. The maximum atomic E-state index is 12.8. The maximum absolute atomic E-state index is 12.8. The first kappa shape index (κ1) is 54.1. The van der Waals surface area contributed by atoms with Crippen molar-refractivity contribution in [3.05, 3.63) is 24.3 Å². The molecule has 1 aliphatic rings. The fraction of sp³-hybridized carbons (Fsp3) is 0.867. The van der Waals surface area contributed by atoms with Gasteiger partial charge in [0.2, 0.25) is 0 Å². The third-order valence-corrected chi connectivity index (χ3v) is 11.3. The average Bonchev–Trinajstić information content (AvgIpc) is 3.18. The molecule has 1 fully saturated rings. The van der Waals surface area contributed by atoms with Gasteiger partial charge in [-0.05, 0) is 64.2 Å². The number of carbonyl (C=O) groups is 2. The van der Waals surface area contributed by atoms with Crippen LogP contribution in [-0.2, 0) is 38.7 Å². The number of carbonyl (C=O) groups excluding carboxylic acids is 2. The van der Waals surface area contributed by atoms with Gasteiger partial charge in [-0.1, -0.05) is 141 Å². The lowest BCUT2D eigenvalue weighted by Crippen LogP contribution is -2.60. The van der Waals surface area contributed by atoms with Crippen molar-refractivity contribution in [3.63, 3.8) is 0 Å². The van der Waals surface area contributed by atoms with E-state index in [-0.39, 0.29) is 19.4 Å². The molecule has 0 spiro atoms. The van der Waals surface area contributed by atoms with Gasteiger partial charge < -0.3 is 34.3 Å². The Morgan fingerprint density at radius 2 is 0.983 bits per heavy atom. The Balaban J connectivity index is 2.45. The largest absolute Gasteiger partial charge is 0.462 e. The number of ether oxygens (including phenoxy) is 4. The summed E-state index contributed by atoms with van der Waals surface area (Å²) in [7, 11) is -4.60. The van der Waals surface area contributed by atoms with Crippen LogP contribution in [0.3, 0.4) is 0 Å². The lowest BCUT2D eigenvalue weighted by atomic mass is 10.00. The van der Waals surface area contributed by atoms with E-state index >= 15 is 0 Å². The number of aliphatic hydroxyl groups excluding tert-OH is 3. The van der Waals surface area contributed by atoms with Crippen LogP contribution in [0.5, 0.6) is 0 Å². The number of unbranched alkanes of at least 4 members (excludes halogenated alkanes) is 22. The minimum atomic E-state index is -4.60. The predicted molar refractivity (Wildman–Crippen MR) is 229 cm³/mol. The zero-order valence-corrected chi connectivity index (χ0v) is 37.0. The molecular weight excluding hydrogens is 765 g/mol. The normalized spacial score (nSPS) is 20.6. The molecule has 0 aromatic rings. The molecule has 2 unspecified atom stereocenters. The van der Waals surface area contributed by atoms with Gasteiger partial charge in [0.1, 0.15) is 36.8 Å². The Hall–Kier alpha value is -1.87. The van der Waals surface area contributed by atoms with E-state index in [1.54, 1.807) is 0 Å². The zero-order valence-electron chi connectivity index (χ0n) is 36.2. The van der Waals surface area contributed by atoms with E-state index in [0.29, 0.717) is 12.8 Å². The van der Waals surface area contributed by atoms with E-state index in [1.165, 1.54) is 103 Å². The van der Waals surface area contributed by atoms with Crippen molar-refractivity contribution in [3.8, 4) is 0 Å². The second-order valence-corrected chi connectivity index (χ2v) is 17.6. The van der Waals surface area contributed by atoms with Gasteiger partial charge in [0.25, 0.3) is 10.1 Å². The molecule has 0 aromatic carbocycles. The fourth-order valence-electron chi connectivity index (χ4n) is 6.90. The van der Waals surface area contributed by atoms with Gasteiger partial charge in [-0.25, -0.2) is 0 Å². The Labute approximate surface area is 351 Å². The quantitative estimate of drug-likeness (QED) is 0.0200. The first-order valence-corrected chi connectivity index (χ1v) is 24.5. The topological polar surface area (TPSA) is 186 Å². The highest BCUT2D eigenvalue weighted by Gasteiger charge is 2.46. The monoisotopic (exact) mass is 847 g/mol. The summed E-state index contributed by atoms with van der Waals surface area (Å²) in [6, 6.07) is 0. The standard InChI is InChI=1S/C45H82O12S/c1-3-5-7-9-11-13-15-17-18-19-20-22-24-26-28-30-32-34-41(47)56-38(36-55-45-44(50)43(49)42(48)39(57-45)37-58(51,52)53)35-54-40(46)33-31-29-27-25-23-21-16-14-12-10-8-6-4-2/h13,15,21,23,38-39,42-45,48-50H,3-12,14,16-20,22,24-37H2,1-2H3,(H,51,52,53)/b15-13+,23-21+/t38-,39-,42-,43?,44?,45+/m1/s1. The summed E-state index contributed by atoms with van der Waals surface area (Å²) < 4.78 is 54.0. The molecule has 0 bridgehead atoms. The molecule has 0 aromatic heterocycles. The van der Waals surface area contributed by atoms with E-state index in [1.807, 2.05) is 0 Å². The van der Waals surface area contributed by atoms with Gasteiger partial charge in [0.05, 0.1) is 6.61 Å². The van der Waals surface area contributed by atoms with Gasteiger partial charge >= 0.3 is 11.9 Å². The van der Waals surface area contributed by atoms with Crippen LogP contribution >= 0.6 is 0 Å². The maximum Gasteiger partial charge on any atom is 0.306 e. The summed E-state index contributed by atoms with van der Waals surface area (Å²) in [6.45, 7) is 3.73. The highest BCUT2D eigenvalue weighted by molar-refractivity contribution is 7.85. The molecule has 0 radical (unpaired) electrons. The minimum absolute atomic E-state index is 0.161. The molecule has 6 atom stereocenters. The van der Waals surface area contributed by atoms with Crippen LogP contribution < -0.4 is 0 Å². The van der Waals surface area contributed by atoms with Crippen molar-refractivity contribution in [2.45, 2.75) is 230 Å². The Bertz CT molecular complexity index is 1180. The van der Waals surface area contributed by atoms with Crippen LogP contribution in [0.15, 0.2) is 24.3 Å². The van der Waals surface area contributed by atoms with Crippen molar-refractivity contribution in [2.24, 2.45) is 0 Å². The van der Waals surface area contributed by atoms with E-state index in [2.05, 4.69) is 38.2 Å². The molecule has 0 aliphatic carbocycles. The average molecular weight is 847 g/mol. The molecule has 0 amide bonds. The summed E-state index contributed by atoms with van der Waals surface area (Å²) in [6.07, 6.45) is 29.4. The first-order chi connectivity index (χ1) is 28.0. The SMILES string of the molecule is CCCCCC/C=C/CCCCCCCCCCCC(=O)O[C@H](COC(=O)CCCCC/C=C/CCCCCCCC)CO[C@H]1O[C@H](CS(=O)(=O)O)[C@@H](O)C(O)C1O. The van der Waals surface area contributed by atoms with Crippen molar-refractivity contribution >= 4 is 22.1 Å². The fourth-order valence-corrected chi connectivity index (χ4v) is 7.59. The molecule has 4 N–H and O–H groups in total. The summed E-state index contributed by atoms with van der Waals surface area (Å²) in [5, 5.41) is 30.9. The third-order valence-electron chi connectivity index (χ3n) is 10.5. The smallest absolute Gasteiger partial charge is 0.306 e. The van der Waals surface area contributed by atoms with Crippen molar-refractivity contribution < 1.29 is 56.8 Å². The Morgan fingerprint density at radius 3 is 1.47 bits per heavy atom. The Kier molecular flexibility index (Phi) is 33.5. The minimum Gasteiger partial charge on any atom is -0.462 e.